The van der Waals surface area contributed by atoms with E-state index >= 15 is 0 Å². The van der Waals surface area contributed by atoms with Gasteiger partial charge in [0.05, 0.1) is 28.9 Å². The second-order valence-electron chi connectivity index (χ2n) is 15.6. The molecule has 3 aliphatic rings. The molecule has 2 aliphatic heterocycles. The van der Waals surface area contributed by atoms with Crippen molar-refractivity contribution in [3.63, 3.8) is 0 Å². The number of fused-ring (bicyclic) bond motifs is 1. The van der Waals surface area contributed by atoms with Crippen molar-refractivity contribution in [1.82, 2.24) is 29.1 Å². The van der Waals surface area contributed by atoms with E-state index in [1.165, 1.54) is 15.4 Å². The molecule has 1 aromatic carbocycles. The smallest absolute Gasteiger partial charge is 0.437 e. The van der Waals surface area contributed by atoms with Crippen molar-refractivity contribution < 1.29 is 37.0 Å². The van der Waals surface area contributed by atoms with Crippen LogP contribution < -0.4 is 16.3 Å². The Labute approximate surface area is 306 Å². The minimum Gasteiger partial charge on any atom is -0.444 e. The van der Waals surface area contributed by atoms with Gasteiger partial charge in [-0.15, -0.1) is 0 Å². The van der Waals surface area contributed by atoms with E-state index in [4.69, 9.17) is 9.47 Å². The van der Waals surface area contributed by atoms with Gasteiger partial charge in [-0.2, -0.15) is 18.3 Å². The maximum absolute atomic E-state index is 13.8. The molecule has 3 amide bonds. The summed E-state index contributed by atoms with van der Waals surface area (Å²) >= 11 is 0. The molecule has 1 saturated carbocycles. The van der Waals surface area contributed by atoms with Crippen molar-refractivity contribution in [3.05, 3.63) is 46.1 Å². The molecule has 13 nitrogen and oxygen atoms in total. The first-order valence-electron chi connectivity index (χ1n) is 18.6. The van der Waals surface area contributed by atoms with E-state index in [-0.39, 0.29) is 30.2 Å². The maximum Gasteiger partial charge on any atom is 0.437 e. The molecule has 2 N–H and O–H groups in total. The Balaban J connectivity index is 0.937. The number of aryl methyl sites for hydroxylation is 2. The number of imide groups is 1. The topological polar surface area (TPSA) is 142 Å². The molecule has 53 heavy (non-hydrogen) atoms. The number of ether oxygens (including phenoxy) is 2. The second kappa shape index (κ2) is 15.7. The molecular weight excluding hydrogens is 695 g/mol. The van der Waals surface area contributed by atoms with Gasteiger partial charge in [-0.3, -0.25) is 34.0 Å². The van der Waals surface area contributed by atoms with Crippen molar-refractivity contribution in [2.75, 3.05) is 31.6 Å². The average Bonchev–Trinajstić information content (AvgIpc) is 3.62. The van der Waals surface area contributed by atoms with Crippen LogP contribution in [-0.2, 0) is 38.7 Å². The fraction of sp³-hybridized carbons (Fsp3) is 0.649. The predicted octanol–water partition coefficient (Wildman–Crippen LogP) is 5.73. The zero-order valence-electron chi connectivity index (χ0n) is 30.8. The highest BCUT2D eigenvalue weighted by Crippen LogP contribution is 2.38. The highest BCUT2D eigenvalue weighted by Gasteiger charge is 2.39. The predicted molar refractivity (Wildman–Crippen MR) is 190 cm³/mol. The molecule has 3 aromatic rings. The number of rotatable bonds is 10. The monoisotopic (exact) mass is 745 g/mol. The molecule has 0 bridgehead atoms. The van der Waals surface area contributed by atoms with Gasteiger partial charge < -0.3 is 14.4 Å². The van der Waals surface area contributed by atoms with Gasteiger partial charge in [0.25, 0.3) is 0 Å². The molecule has 1 atom stereocenters. The summed E-state index contributed by atoms with van der Waals surface area (Å²) < 4.78 is 57.2. The van der Waals surface area contributed by atoms with Crippen LogP contribution in [0.1, 0.15) is 102 Å². The minimum absolute atomic E-state index is 0.168. The van der Waals surface area contributed by atoms with Crippen LogP contribution in [0.15, 0.2) is 29.2 Å². The Morgan fingerprint density at radius 1 is 1.02 bits per heavy atom. The molecule has 6 rings (SSSR count). The van der Waals surface area contributed by atoms with Crippen LogP contribution in [0.5, 0.6) is 0 Å². The van der Waals surface area contributed by atoms with Crippen LogP contribution in [0.4, 0.5) is 23.7 Å². The molecule has 0 radical (unpaired) electrons. The summed E-state index contributed by atoms with van der Waals surface area (Å²) in [6.45, 7) is 8.30. The summed E-state index contributed by atoms with van der Waals surface area (Å²) in [4.78, 5) is 52.1. The Bertz CT molecular complexity index is 1860. The second-order valence-corrected chi connectivity index (χ2v) is 15.6. The zero-order chi connectivity index (χ0) is 38.1. The number of hydrogen-bond acceptors (Lipinski definition) is 8. The number of likely N-dealkylation sites (tertiary alicyclic amines) is 1. The Morgan fingerprint density at radius 2 is 1.74 bits per heavy atom. The molecule has 4 heterocycles. The van der Waals surface area contributed by atoms with Gasteiger partial charge in [-0.25, -0.2) is 9.59 Å². The van der Waals surface area contributed by atoms with Gasteiger partial charge in [0, 0.05) is 45.9 Å². The van der Waals surface area contributed by atoms with Gasteiger partial charge in [0.1, 0.15) is 11.6 Å². The number of alkyl halides is 3. The van der Waals surface area contributed by atoms with Crippen LogP contribution in [0.3, 0.4) is 0 Å². The van der Waals surface area contributed by atoms with Gasteiger partial charge in [-0.1, -0.05) is 12.1 Å². The lowest BCUT2D eigenvalue weighted by Crippen LogP contribution is -2.44. The van der Waals surface area contributed by atoms with Crippen LogP contribution in [-0.4, -0.2) is 79.7 Å². The number of para-hydroxylation sites is 1. The number of carbonyl (C=O) groups is 3. The number of piperidine rings is 2. The number of benzene rings is 1. The maximum atomic E-state index is 13.8. The lowest BCUT2D eigenvalue weighted by atomic mass is 9.85. The Morgan fingerprint density at radius 3 is 2.40 bits per heavy atom. The number of halogens is 3. The molecule has 1 unspecified atom stereocenters. The number of hydrogen-bond donors (Lipinski definition) is 2. The molecule has 1 aliphatic carbocycles. The van der Waals surface area contributed by atoms with Gasteiger partial charge in [0.15, 0.2) is 5.69 Å². The first-order valence-corrected chi connectivity index (χ1v) is 18.6. The summed E-state index contributed by atoms with van der Waals surface area (Å²) in [7, 11) is 1.71. The Kier molecular flexibility index (Phi) is 11.4. The third-order valence-corrected chi connectivity index (χ3v) is 10.5. The largest absolute Gasteiger partial charge is 0.444 e. The number of amides is 3. The number of anilines is 1. The van der Waals surface area contributed by atoms with Crippen molar-refractivity contribution >= 4 is 34.6 Å². The van der Waals surface area contributed by atoms with Gasteiger partial charge >= 0.3 is 18.0 Å². The molecule has 3 fully saturated rings. The highest BCUT2D eigenvalue weighted by molar-refractivity contribution is 6.00. The normalized spacial score (nSPS) is 22.3. The van der Waals surface area contributed by atoms with E-state index in [0.29, 0.717) is 43.7 Å². The van der Waals surface area contributed by atoms with Gasteiger partial charge in [-0.05, 0) is 96.1 Å². The van der Waals surface area contributed by atoms with E-state index in [9.17, 15) is 32.3 Å². The summed E-state index contributed by atoms with van der Waals surface area (Å²) in [5.74, 6) is -0.321. The summed E-state index contributed by atoms with van der Waals surface area (Å²) in [5.41, 5.74) is -0.165. The lowest BCUT2D eigenvalue weighted by Gasteiger charge is -2.36. The fourth-order valence-electron chi connectivity index (χ4n) is 7.97. The van der Waals surface area contributed by atoms with Crippen molar-refractivity contribution in [2.45, 2.75) is 115 Å². The van der Waals surface area contributed by atoms with Crippen LogP contribution in [0.25, 0.3) is 11.0 Å². The summed E-state index contributed by atoms with van der Waals surface area (Å²) in [5, 5.41) is 8.44. The van der Waals surface area contributed by atoms with Crippen molar-refractivity contribution in [2.24, 2.45) is 13.0 Å². The zero-order valence-corrected chi connectivity index (χ0v) is 30.8. The first kappa shape index (κ1) is 38.5. The minimum atomic E-state index is -4.72. The van der Waals surface area contributed by atoms with Crippen LogP contribution in [0, 0.1) is 5.92 Å². The number of carbonyl (C=O) groups excluding carboxylic acids is 3. The lowest BCUT2D eigenvalue weighted by molar-refractivity contribution is -0.141. The van der Waals surface area contributed by atoms with E-state index < -0.39 is 41.2 Å². The standard InChI is InChI=1S/C37H50F3N7O6/c1-36(2,3)53-34(50)41-27-22-46(43-32(27)37(38,39)40)25-12-10-23(11-13-25)21-45-18-16-26(17-19-45)52-20-6-8-24-7-5-9-28-31(24)44(4)35(51)47(28)29-14-15-30(48)42-33(29)49/h5,7,9,22-23,25-26,29H,6,8,10-21H2,1-4H3,(H,41,50)(H,42,48,49)/t23-,25-,29?. The van der Waals surface area contributed by atoms with E-state index in [0.717, 1.165) is 62.8 Å². The van der Waals surface area contributed by atoms with Crippen molar-refractivity contribution in [3.8, 4) is 0 Å². The third kappa shape index (κ3) is 9.14. The first-order chi connectivity index (χ1) is 25.1. The van der Waals surface area contributed by atoms with Gasteiger partial charge in [0.2, 0.25) is 11.8 Å². The van der Waals surface area contributed by atoms with E-state index in [1.54, 1.807) is 32.4 Å². The molecule has 16 heteroatoms. The number of nitrogens with one attached hydrogen (secondary N) is 2. The fourth-order valence-corrected chi connectivity index (χ4v) is 7.97. The number of nitrogens with zero attached hydrogens (tertiary/aromatic N) is 5. The van der Waals surface area contributed by atoms with Crippen LogP contribution in [0.2, 0.25) is 0 Å². The summed E-state index contributed by atoms with van der Waals surface area (Å²) in [6, 6.07) is 4.84. The molecule has 2 aromatic heterocycles. The SMILES string of the molecule is Cn1c(=O)n(C2CCC(=O)NC2=O)c2cccc(CCCOC3CCN(C[C@H]4CC[C@H](n5cc(NC(=O)OC(C)(C)C)c(C(F)(F)F)n5)CC4)CC3)c21. The Hall–Kier alpha value is -4.18. The average molecular weight is 746 g/mol. The molecule has 2 saturated heterocycles. The number of imidazole rings is 1. The molecular formula is C37H50F3N7O6. The highest BCUT2D eigenvalue weighted by atomic mass is 19.4. The van der Waals surface area contributed by atoms with Crippen LogP contribution >= 0.6 is 0 Å². The number of aromatic nitrogens is 4. The third-order valence-electron chi connectivity index (χ3n) is 10.5. The van der Waals surface area contributed by atoms with E-state index in [2.05, 4.69) is 20.6 Å². The van der Waals surface area contributed by atoms with Crippen molar-refractivity contribution in [1.29, 1.82) is 0 Å². The molecule has 290 valence electrons. The van der Waals surface area contributed by atoms with E-state index in [1.807, 2.05) is 18.2 Å². The molecule has 0 spiro atoms. The summed E-state index contributed by atoms with van der Waals surface area (Å²) in [6.07, 6.45) is 2.77. The quantitative estimate of drug-likeness (QED) is 0.198.